The predicted molar refractivity (Wildman–Crippen MR) is 62.1 cm³/mol. The van der Waals surface area contributed by atoms with Crippen molar-refractivity contribution >= 4 is 0 Å². The molecule has 0 saturated carbocycles. The Morgan fingerprint density at radius 3 is 2.44 bits per heavy atom. The summed E-state index contributed by atoms with van der Waals surface area (Å²) in [6, 6.07) is 8.07. The molecule has 2 rings (SSSR count). The molecular weight excluding hydrogens is 204 g/mol. The second kappa shape index (κ2) is 3.81. The number of aromatic nitrogens is 2. The largest absolute Gasteiger partial charge is 0.269 e. The highest BCUT2D eigenvalue weighted by atomic mass is 16.1. The Kier molecular flexibility index (Phi) is 2.48. The third kappa shape index (κ3) is 1.82. The van der Waals surface area contributed by atoms with E-state index in [-0.39, 0.29) is 11.1 Å². The molecule has 16 heavy (non-hydrogen) atoms. The monoisotopic (exact) mass is 216 g/mol. The van der Waals surface area contributed by atoms with Crippen LogP contribution >= 0.6 is 0 Å². The molecular formula is C12H12N2O2. The molecule has 2 aromatic rings. The van der Waals surface area contributed by atoms with E-state index in [1.54, 1.807) is 6.07 Å². The summed E-state index contributed by atoms with van der Waals surface area (Å²) >= 11 is 0. The van der Waals surface area contributed by atoms with E-state index < -0.39 is 0 Å². The maximum atomic E-state index is 11.6. The molecule has 0 aliphatic rings. The summed E-state index contributed by atoms with van der Waals surface area (Å²) in [4.78, 5) is 22.7. The number of rotatable bonds is 1. The number of hydrogen-bond donors (Lipinski definition) is 1. The normalized spacial score (nSPS) is 10.4. The van der Waals surface area contributed by atoms with Crippen molar-refractivity contribution in [3.63, 3.8) is 0 Å². The SMILES string of the molecule is Cc1ccc(-n2[nH]c(=O)ccc2=O)cc1C. The minimum absolute atomic E-state index is 0.247. The molecule has 1 aromatic carbocycles. The number of benzene rings is 1. The first-order valence-electron chi connectivity index (χ1n) is 4.98. The molecule has 0 saturated heterocycles. The van der Waals surface area contributed by atoms with Gasteiger partial charge in [-0.3, -0.25) is 14.7 Å². The molecule has 1 heterocycles. The lowest BCUT2D eigenvalue weighted by Gasteiger charge is -2.07. The van der Waals surface area contributed by atoms with E-state index >= 15 is 0 Å². The Labute approximate surface area is 92.2 Å². The van der Waals surface area contributed by atoms with Crippen LogP contribution in [-0.2, 0) is 0 Å². The van der Waals surface area contributed by atoms with Crippen molar-refractivity contribution in [3.05, 3.63) is 62.2 Å². The molecule has 0 spiro atoms. The van der Waals surface area contributed by atoms with Crippen LogP contribution in [0.15, 0.2) is 39.9 Å². The summed E-state index contributed by atoms with van der Waals surface area (Å²) in [5.74, 6) is 0. The molecule has 0 fully saturated rings. The van der Waals surface area contributed by atoms with Crippen molar-refractivity contribution in [3.8, 4) is 5.69 Å². The Bertz CT molecular complexity index is 638. The highest BCUT2D eigenvalue weighted by Crippen LogP contribution is 2.11. The Morgan fingerprint density at radius 2 is 1.75 bits per heavy atom. The average Bonchev–Trinajstić information content (AvgIpc) is 2.26. The fraction of sp³-hybridized carbons (Fsp3) is 0.167. The van der Waals surface area contributed by atoms with Crippen molar-refractivity contribution in [1.82, 2.24) is 9.78 Å². The fourth-order valence-corrected chi connectivity index (χ4v) is 1.48. The van der Waals surface area contributed by atoms with Crippen LogP contribution in [0.25, 0.3) is 5.69 Å². The van der Waals surface area contributed by atoms with Crippen LogP contribution in [0.2, 0.25) is 0 Å². The molecule has 1 aromatic heterocycles. The van der Waals surface area contributed by atoms with Crippen molar-refractivity contribution in [2.45, 2.75) is 13.8 Å². The minimum Gasteiger partial charge on any atom is -0.268 e. The molecule has 0 aliphatic carbocycles. The van der Waals surface area contributed by atoms with Crippen molar-refractivity contribution in [1.29, 1.82) is 0 Å². The Morgan fingerprint density at radius 1 is 1.00 bits per heavy atom. The summed E-state index contributed by atoms with van der Waals surface area (Å²) in [7, 11) is 0. The molecule has 82 valence electrons. The number of aromatic amines is 1. The summed E-state index contributed by atoms with van der Waals surface area (Å²) < 4.78 is 1.24. The summed E-state index contributed by atoms with van der Waals surface area (Å²) in [5, 5.41) is 2.49. The standard InChI is InChI=1S/C12H12N2O2/c1-8-3-4-10(7-9(8)2)14-12(16)6-5-11(15)13-14/h3-7H,1-2H3,(H,13,15). The van der Waals surface area contributed by atoms with Crippen LogP contribution in [0, 0.1) is 13.8 Å². The fourth-order valence-electron chi connectivity index (χ4n) is 1.48. The Hall–Kier alpha value is -2.10. The van der Waals surface area contributed by atoms with E-state index in [4.69, 9.17) is 0 Å². The van der Waals surface area contributed by atoms with Crippen LogP contribution in [0.4, 0.5) is 0 Å². The molecule has 0 aliphatic heterocycles. The van der Waals surface area contributed by atoms with Gasteiger partial charge >= 0.3 is 0 Å². The zero-order chi connectivity index (χ0) is 11.7. The zero-order valence-corrected chi connectivity index (χ0v) is 9.15. The van der Waals surface area contributed by atoms with Gasteiger partial charge in [0.2, 0.25) is 0 Å². The van der Waals surface area contributed by atoms with Gasteiger partial charge in [-0.1, -0.05) is 6.07 Å². The van der Waals surface area contributed by atoms with Gasteiger partial charge in [0.15, 0.2) is 0 Å². The molecule has 1 N–H and O–H groups in total. The van der Waals surface area contributed by atoms with Crippen LogP contribution < -0.4 is 11.1 Å². The summed E-state index contributed by atoms with van der Waals surface area (Å²) in [6.07, 6.45) is 0. The maximum absolute atomic E-state index is 11.6. The van der Waals surface area contributed by atoms with Gasteiger partial charge in [0.25, 0.3) is 11.1 Å². The first-order chi connectivity index (χ1) is 7.58. The smallest absolute Gasteiger partial charge is 0.268 e. The summed E-state index contributed by atoms with van der Waals surface area (Å²) in [5.41, 5.74) is 2.36. The molecule has 4 heteroatoms. The minimum atomic E-state index is -0.294. The number of aryl methyl sites for hydroxylation is 2. The molecule has 0 unspecified atom stereocenters. The van der Waals surface area contributed by atoms with Gasteiger partial charge in [-0.25, -0.2) is 4.68 Å². The van der Waals surface area contributed by atoms with Crippen LogP contribution in [0.5, 0.6) is 0 Å². The molecule has 0 bridgehead atoms. The highest BCUT2D eigenvalue weighted by Gasteiger charge is 2.01. The lowest BCUT2D eigenvalue weighted by atomic mass is 10.1. The van der Waals surface area contributed by atoms with Crippen molar-refractivity contribution < 1.29 is 0 Å². The van der Waals surface area contributed by atoms with Crippen LogP contribution in [0.1, 0.15) is 11.1 Å². The summed E-state index contributed by atoms with van der Waals surface area (Å²) in [6.45, 7) is 3.96. The van der Waals surface area contributed by atoms with Gasteiger partial charge in [0.1, 0.15) is 0 Å². The van der Waals surface area contributed by atoms with Gasteiger partial charge in [-0.05, 0) is 37.1 Å². The topological polar surface area (TPSA) is 54.9 Å². The quantitative estimate of drug-likeness (QED) is 0.777. The van der Waals surface area contributed by atoms with Gasteiger partial charge in [-0.15, -0.1) is 0 Å². The number of hydrogen-bond acceptors (Lipinski definition) is 2. The average molecular weight is 216 g/mol. The number of nitrogens with one attached hydrogen (secondary N) is 1. The number of nitrogens with zero attached hydrogens (tertiary/aromatic N) is 1. The second-order valence-electron chi connectivity index (χ2n) is 3.75. The molecule has 0 radical (unpaired) electrons. The molecule has 0 atom stereocenters. The van der Waals surface area contributed by atoms with Gasteiger partial charge < -0.3 is 0 Å². The van der Waals surface area contributed by atoms with E-state index in [0.717, 1.165) is 11.1 Å². The zero-order valence-electron chi connectivity index (χ0n) is 9.15. The Balaban J connectivity index is 2.67. The first kappa shape index (κ1) is 10.4. The second-order valence-corrected chi connectivity index (χ2v) is 3.75. The van der Waals surface area contributed by atoms with Crippen molar-refractivity contribution in [2.24, 2.45) is 0 Å². The van der Waals surface area contributed by atoms with Gasteiger partial charge in [0.05, 0.1) is 5.69 Å². The van der Waals surface area contributed by atoms with Gasteiger partial charge in [0, 0.05) is 12.1 Å². The maximum Gasteiger partial charge on any atom is 0.269 e. The molecule has 4 nitrogen and oxygen atoms in total. The van der Waals surface area contributed by atoms with Gasteiger partial charge in [-0.2, -0.15) is 0 Å². The van der Waals surface area contributed by atoms with Crippen LogP contribution in [-0.4, -0.2) is 9.78 Å². The lowest BCUT2D eigenvalue weighted by molar-refractivity contribution is 0.784. The van der Waals surface area contributed by atoms with E-state index in [9.17, 15) is 9.59 Å². The lowest BCUT2D eigenvalue weighted by Crippen LogP contribution is -2.26. The first-order valence-corrected chi connectivity index (χ1v) is 4.98. The third-order valence-corrected chi connectivity index (χ3v) is 2.57. The van der Waals surface area contributed by atoms with E-state index in [2.05, 4.69) is 5.10 Å². The number of H-pyrrole nitrogens is 1. The highest BCUT2D eigenvalue weighted by molar-refractivity contribution is 5.38. The van der Waals surface area contributed by atoms with E-state index in [1.165, 1.54) is 16.8 Å². The molecule has 0 amide bonds. The van der Waals surface area contributed by atoms with Crippen LogP contribution in [0.3, 0.4) is 0 Å². The van der Waals surface area contributed by atoms with E-state index in [0.29, 0.717) is 5.69 Å². The predicted octanol–water partition coefficient (Wildman–Crippen LogP) is 1.14. The van der Waals surface area contributed by atoms with E-state index in [1.807, 2.05) is 26.0 Å². The third-order valence-electron chi connectivity index (χ3n) is 2.57. The van der Waals surface area contributed by atoms with Crippen molar-refractivity contribution in [2.75, 3.05) is 0 Å².